The SMILES string of the molecule is Cc1nc(COc2c(C)cc(Br)cc2CC(C)N)cs1. The second kappa shape index (κ2) is 6.70. The predicted octanol–water partition coefficient (Wildman–Crippen LogP) is 3.99. The number of nitrogens with zero attached hydrogens (tertiary/aromatic N) is 1. The third-order valence-corrected chi connectivity index (χ3v) is 4.17. The lowest BCUT2D eigenvalue weighted by Gasteiger charge is -2.16. The molecule has 1 atom stereocenters. The van der Waals surface area contributed by atoms with Gasteiger partial charge in [0.15, 0.2) is 0 Å². The molecular formula is C15H19BrN2OS. The van der Waals surface area contributed by atoms with Crippen LogP contribution in [-0.2, 0) is 13.0 Å². The van der Waals surface area contributed by atoms with Gasteiger partial charge in [0.05, 0.1) is 10.7 Å². The Labute approximate surface area is 132 Å². The molecule has 2 rings (SSSR count). The molecule has 108 valence electrons. The second-order valence-electron chi connectivity index (χ2n) is 5.04. The molecule has 2 N–H and O–H groups in total. The van der Waals surface area contributed by atoms with E-state index in [1.807, 2.05) is 19.2 Å². The van der Waals surface area contributed by atoms with E-state index in [2.05, 4.69) is 40.0 Å². The van der Waals surface area contributed by atoms with Crippen LogP contribution in [0.15, 0.2) is 22.0 Å². The van der Waals surface area contributed by atoms with Gasteiger partial charge in [-0.2, -0.15) is 0 Å². The predicted molar refractivity (Wildman–Crippen MR) is 87.4 cm³/mol. The summed E-state index contributed by atoms with van der Waals surface area (Å²) >= 11 is 5.17. The first-order valence-electron chi connectivity index (χ1n) is 6.54. The molecular weight excluding hydrogens is 336 g/mol. The summed E-state index contributed by atoms with van der Waals surface area (Å²) in [4.78, 5) is 4.42. The minimum Gasteiger partial charge on any atom is -0.487 e. The standard InChI is InChI=1S/C15H19BrN2OS/c1-9-4-13(16)6-12(5-10(2)17)15(9)19-7-14-8-20-11(3)18-14/h4,6,8,10H,5,7,17H2,1-3H3. The van der Waals surface area contributed by atoms with Crippen molar-refractivity contribution in [3.8, 4) is 5.75 Å². The zero-order chi connectivity index (χ0) is 14.7. The zero-order valence-corrected chi connectivity index (χ0v) is 14.3. The van der Waals surface area contributed by atoms with E-state index in [-0.39, 0.29) is 6.04 Å². The second-order valence-corrected chi connectivity index (χ2v) is 7.02. The molecule has 1 aromatic heterocycles. The van der Waals surface area contributed by atoms with Gasteiger partial charge < -0.3 is 10.5 Å². The van der Waals surface area contributed by atoms with Crippen molar-refractivity contribution < 1.29 is 4.74 Å². The molecule has 0 aliphatic heterocycles. The fraction of sp³-hybridized carbons (Fsp3) is 0.400. The van der Waals surface area contributed by atoms with E-state index in [1.54, 1.807) is 11.3 Å². The first-order valence-corrected chi connectivity index (χ1v) is 8.21. The van der Waals surface area contributed by atoms with Gasteiger partial charge >= 0.3 is 0 Å². The Hall–Kier alpha value is -0.910. The summed E-state index contributed by atoms with van der Waals surface area (Å²) in [6.45, 7) is 6.56. The van der Waals surface area contributed by atoms with Gasteiger partial charge in [-0.15, -0.1) is 11.3 Å². The maximum atomic E-state index is 5.99. The Bertz CT molecular complexity index is 596. The number of halogens is 1. The molecule has 2 aromatic rings. The van der Waals surface area contributed by atoms with Gasteiger partial charge in [0.2, 0.25) is 0 Å². The molecule has 0 saturated carbocycles. The molecule has 1 heterocycles. The summed E-state index contributed by atoms with van der Waals surface area (Å²) in [5.74, 6) is 0.927. The molecule has 1 unspecified atom stereocenters. The van der Waals surface area contributed by atoms with E-state index in [9.17, 15) is 0 Å². The highest BCUT2D eigenvalue weighted by Crippen LogP contribution is 2.29. The van der Waals surface area contributed by atoms with Crippen LogP contribution in [0.3, 0.4) is 0 Å². The minimum absolute atomic E-state index is 0.104. The molecule has 5 heteroatoms. The van der Waals surface area contributed by atoms with Crippen LogP contribution in [0.4, 0.5) is 0 Å². The van der Waals surface area contributed by atoms with E-state index >= 15 is 0 Å². The molecule has 0 amide bonds. The number of hydrogen-bond acceptors (Lipinski definition) is 4. The number of benzene rings is 1. The molecule has 20 heavy (non-hydrogen) atoms. The van der Waals surface area contributed by atoms with Crippen LogP contribution in [0.1, 0.15) is 28.8 Å². The van der Waals surface area contributed by atoms with E-state index in [4.69, 9.17) is 10.5 Å². The van der Waals surface area contributed by atoms with Crippen LogP contribution < -0.4 is 10.5 Å². The third kappa shape index (κ3) is 4.04. The summed E-state index contributed by atoms with van der Waals surface area (Å²) in [6.07, 6.45) is 0.797. The molecule has 3 nitrogen and oxygen atoms in total. The third-order valence-electron chi connectivity index (χ3n) is 2.89. The van der Waals surface area contributed by atoms with Crippen molar-refractivity contribution in [3.63, 3.8) is 0 Å². The van der Waals surface area contributed by atoms with Crippen molar-refractivity contribution in [3.05, 3.63) is 43.8 Å². The van der Waals surface area contributed by atoms with Crippen molar-refractivity contribution in [2.24, 2.45) is 5.73 Å². The molecule has 0 aliphatic rings. The highest BCUT2D eigenvalue weighted by molar-refractivity contribution is 9.10. The number of thiazole rings is 1. The van der Waals surface area contributed by atoms with Gasteiger partial charge in [-0.3, -0.25) is 0 Å². The molecule has 0 radical (unpaired) electrons. The number of rotatable bonds is 5. The summed E-state index contributed by atoms with van der Waals surface area (Å²) in [5, 5.41) is 3.10. The van der Waals surface area contributed by atoms with Crippen LogP contribution in [0.5, 0.6) is 5.75 Å². The Morgan fingerprint density at radius 1 is 1.40 bits per heavy atom. The van der Waals surface area contributed by atoms with Gasteiger partial charge in [0.1, 0.15) is 12.4 Å². The number of nitrogens with two attached hydrogens (primary N) is 1. The fourth-order valence-electron chi connectivity index (χ4n) is 2.12. The van der Waals surface area contributed by atoms with Gasteiger partial charge in [0.25, 0.3) is 0 Å². The van der Waals surface area contributed by atoms with Crippen LogP contribution in [0.25, 0.3) is 0 Å². The highest BCUT2D eigenvalue weighted by Gasteiger charge is 2.12. The van der Waals surface area contributed by atoms with Crippen LogP contribution in [0.2, 0.25) is 0 Å². The Morgan fingerprint density at radius 2 is 2.15 bits per heavy atom. The minimum atomic E-state index is 0.104. The summed E-state index contributed by atoms with van der Waals surface area (Å²) < 4.78 is 7.05. The first-order chi connectivity index (χ1) is 9.45. The van der Waals surface area contributed by atoms with Crippen molar-refractivity contribution in [2.75, 3.05) is 0 Å². The van der Waals surface area contributed by atoms with E-state index in [0.29, 0.717) is 6.61 Å². The Balaban J connectivity index is 2.20. The van der Waals surface area contributed by atoms with Crippen molar-refractivity contribution in [1.82, 2.24) is 4.98 Å². The molecule has 0 bridgehead atoms. The lowest BCUT2D eigenvalue weighted by molar-refractivity contribution is 0.296. The largest absolute Gasteiger partial charge is 0.487 e. The number of ether oxygens (including phenoxy) is 1. The quantitative estimate of drug-likeness (QED) is 0.882. The van der Waals surface area contributed by atoms with Gasteiger partial charge in [0, 0.05) is 15.9 Å². The maximum absolute atomic E-state index is 5.99. The van der Waals surface area contributed by atoms with Crippen LogP contribution in [-0.4, -0.2) is 11.0 Å². The number of aryl methyl sites for hydroxylation is 2. The Kier molecular flexibility index (Phi) is 5.18. The van der Waals surface area contributed by atoms with Crippen LogP contribution >= 0.6 is 27.3 Å². The molecule has 0 fully saturated rings. The zero-order valence-electron chi connectivity index (χ0n) is 11.9. The van der Waals surface area contributed by atoms with Gasteiger partial charge in [-0.05, 0) is 50.5 Å². The molecule has 1 aromatic carbocycles. The summed E-state index contributed by atoms with van der Waals surface area (Å²) in [6, 6.07) is 4.25. The van der Waals surface area contributed by atoms with Gasteiger partial charge in [-0.1, -0.05) is 15.9 Å². The summed E-state index contributed by atoms with van der Waals surface area (Å²) in [5.41, 5.74) is 9.15. The van der Waals surface area contributed by atoms with Crippen LogP contribution in [0, 0.1) is 13.8 Å². The number of hydrogen-bond donors (Lipinski definition) is 1. The van der Waals surface area contributed by atoms with Crippen molar-refractivity contribution >= 4 is 27.3 Å². The van der Waals surface area contributed by atoms with Crippen molar-refractivity contribution in [1.29, 1.82) is 0 Å². The monoisotopic (exact) mass is 354 g/mol. The molecule has 0 aliphatic carbocycles. The molecule has 0 spiro atoms. The lowest BCUT2D eigenvalue weighted by Crippen LogP contribution is -2.18. The van der Waals surface area contributed by atoms with E-state index < -0.39 is 0 Å². The topological polar surface area (TPSA) is 48.1 Å². The highest BCUT2D eigenvalue weighted by atomic mass is 79.9. The summed E-state index contributed by atoms with van der Waals surface area (Å²) in [7, 11) is 0. The normalized spacial score (nSPS) is 12.4. The Morgan fingerprint density at radius 3 is 2.75 bits per heavy atom. The van der Waals surface area contributed by atoms with E-state index in [0.717, 1.165) is 38.5 Å². The molecule has 0 saturated heterocycles. The van der Waals surface area contributed by atoms with Crippen molar-refractivity contribution in [2.45, 2.75) is 39.8 Å². The van der Waals surface area contributed by atoms with Gasteiger partial charge in [-0.25, -0.2) is 4.98 Å². The first kappa shape index (κ1) is 15.5. The smallest absolute Gasteiger partial charge is 0.131 e. The van der Waals surface area contributed by atoms with E-state index in [1.165, 1.54) is 0 Å². The number of aromatic nitrogens is 1. The maximum Gasteiger partial charge on any atom is 0.131 e. The average molecular weight is 355 g/mol. The lowest BCUT2D eigenvalue weighted by atomic mass is 10.0. The average Bonchev–Trinajstić information content (AvgIpc) is 2.73. The fourth-order valence-corrected chi connectivity index (χ4v) is 3.34.